The Morgan fingerprint density at radius 1 is 0.913 bits per heavy atom. The summed E-state index contributed by atoms with van der Waals surface area (Å²) in [6.07, 6.45) is 0. The summed E-state index contributed by atoms with van der Waals surface area (Å²) in [5, 5.41) is 22.3. The van der Waals surface area contributed by atoms with Crippen LogP contribution in [0.15, 0.2) is 41.2 Å². The van der Waals surface area contributed by atoms with Crippen LogP contribution in [0.4, 0.5) is 0 Å². The van der Waals surface area contributed by atoms with Crippen molar-refractivity contribution in [2.45, 2.75) is 0 Å². The van der Waals surface area contributed by atoms with Crippen molar-refractivity contribution in [2.24, 2.45) is 0 Å². The molecule has 1 aromatic rings. The number of hydrogen-bond donors (Lipinski definition) is 1. The number of nitrogens with one attached hydrogen (secondary N) is 1. The molecule has 0 spiro atoms. The van der Waals surface area contributed by atoms with E-state index in [-0.39, 0.29) is 70.2 Å². The van der Waals surface area contributed by atoms with Crippen LogP contribution in [0.3, 0.4) is 0 Å². The largest absolute Gasteiger partial charge is 1.00 e. The van der Waals surface area contributed by atoms with E-state index < -0.39 is 22.9 Å². The van der Waals surface area contributed by atoms with E-state index in [0.717, 1.165) is 6.07 Å². The molecule has 0 saturated carbocycles. The molecule has 3 rings (SSSR count). The predicted molar refractivity (Wildman–Crippen MR) is 69.9 cm³/mol. The van der Waals surface area contributed by atoms with Gasteiger partial charge >= 0.3 is 59.1 Å². The van der Waals surface area contributed by atoms with Crippen molar-refractivity contribution in [1.29, 1.82) is 0 Å². The monoisotopic (exact) mass is 327 g/mol. The van der Waals surface area contributed by atoms with E-state index in [4.69, 9.17) is 0 Å². The number of carboxylic acids is 2. The van der Waals surface area contributed by atoms with Crippen LogP contribution in [0.5, 0.6) is 0 Å². The molecule has 1 N–H and O–H groups in total. The standard InChI is InChI=1S/C15H9NO5.2Na/c17-13-9(15(20)21)3-4-11-10(13)5-7-1-2-8(14(18)19)6-12(7)16-11;;/h1-6,16H,(H,18,19)(H,20,21);;/q;2*+1/p-2. The normalized spacial score (nSPS) is 9.91. The first kappa shape index (κ1) is 19.9. The molecule has 8 heteroatoms. The number of fused-ring (bicyclic) bond motifs is 2. The van der Waals surface area contributed by atoms with Crippen LogP contribution in [-0.4, -0.2) is 16.9 Å². The second-order valence-electron chi connectivity index (χ2n) is 4.55. The van der Waals surface area contributed by atoms with Gasteiger partial charge in [-0.25, -0.2) is 0 Å². The van der Waals surface area contributed by atoms with Crippen LogP contribution in [0.2, 0.25) is 0 Å². The van der Waals surface area contributed by atoms with E-state index in [0.29, 0.717) is 16.6 Å². The number of carbonyl (C=O) groups excluding carboxylic acids is 2. The van der Waals surface area contributed by atoms with Crippen molar-refractivity contribution in [1.82, 2.24) is 4.98 Å². The Hall–Kier alpha value is -1.15. The van der Waals surface area contributed by atoms with Gasteiger partial charge in [0.15, 0.2) is 5.43 Å². The fourth-order valence-corrected chi connectivity index (χ4v) is 2.23. The quantitative estimate of drug-likeness (QED) is 0.371. The molecule has 0 atom stereocenters. The maximum absolute atomic E-state index is 12.0. The third-order valence-electron chi connectivity index (χ3n) is 3.27. The Bertz CT molecular complexity index is 935. The average molecular weight is 327 g/mol. The Balaban J connectivity index is 0.00000132. The van der Waals surface area contributed by atoms with Crippen molar-refractivity contribution in [2.75, 3.05) is 0 Å². The van der Waals surface area contributed by atoms with Crippen LogP contribution in [0.1, 0.15) is 20.7 Å². The molecule has 0 bridgehead atoms. The minimum absolute atomic E-state index is 0. The first-order chi connectivity index (χ1) is 9.97. The van der Waals surface area contributed by atoms with Gasteiger partial charge in [0.25, 0.3) is 0 Å². The maximum atomic E-state index is 12.0. The molecule has 6 nitrogen and oxygen atoms in total. The molecule has 2 aliphatic rings. The molecular formula is C15H7NNa2O5. The van der Waals surface area contributed by atoms with Crippen molar-refractivity contribution < 1.29 is 78.9 Å². The summed E-state index contributed by atoms with van der Waals surface area (Å²) in [6, 6.07) is 8.36. The van der Waals surface area contributed by atoms with Gasteiger partial charge in [0.05, 0.1) is 11.9 Å². The summed E-state index contributed by atoms with van der Waals surface area (Å²) in [4.78, 5) is 36.6. The molecule has 0 unspecified atom stereocenters. The smallest absolute Gasteiger partial charge is 0.545 e. The molecule has 0 saturated heterocycles. The minimum atomic E-state index is -1.53. The fourth-order valence-electron chi connectivity index (χ4n) is 2.23. The third-order valence-corrected chi connectivity index (χ3v) is 3.27. The van der Waals surface area contributed by atoms with E-state index >= 15 is 0 Å². The molecule has 0 radical (unpaired) electrons. The van der Waals surface area contributed by atoms with Crippen LogP contribution < -0.4 is 74.8 Å². The third kappa shape index (κ3) is 3.68. The number of H-pyrrole nitrogens is 1. The molecule has 0 amide bonds. The van der Waals surface area contributed by atoms with E-state index in [2.05, 4.69) is 4.98 Å². The van der Waals surface area contributed by atoms with E-state index in [1.807, 2.05) is 0 Å². The summed E-state index contributed by atoms with van der Waals surface area (Å²) in [6.45, 7) is 0. The molecule has 0 fully saturated rings. The van der Waals surface area contributed by atoms with Crippen LogP contribution >= 0.6 is 0 Å². The Labute approximate surface area is 174 Å². The number of rotatable bonds is 2. The predicted octanol–water partition coefficient (Wildman–Crippen LogP) is -6.63. The van der Waals surface area contributed by atoms with Gasteiger partial charge in [-0.1, -0.05) is 12.1 Å². The van der Waals surface area contributed by atoms with Crippen LogP contribution in [0.25, 0.3) is 22.2 Å². The minimum Gasteiger partial charge on any atom is -0.545 e. The molecule has 23 heavy (non-hydrogen) atoms. The molecule has 1 heterocycles. The van der Waals surface area contributed by atoms with E-state index in [1.165, 1.54) is 30.3 Å². The number of carboxylic acid groups (broad SMARTS) is 2. The van der Waals surface area contributed by atoms with Gasteiger partial charge in [-0.15, -0.1) is 0 Å². The topological polar surface area (TPSA) is 113 Å². The maximum Gasteiger partial charge on any atom is 1.00 e. The van der Waals surface area contributed by atoms with Crippen LogP contribution in [0, 0.1) is 0 Å². The molecule has 104 valence electrons. The second kappa shape index (κ2) is 7.61. The average Bonchev–Trinajstić information content (AvgIpc) is 2.45. The zero-order valence-electron chi connectivity index (χ0n) is 12.5. The molecular weight excluding hydrogens is 320 g/mol. The van der Waals surface area contributed by atoms with E-state index in [9.17, 15) is 24.6 Å². The second-order valence-corrected chi connectivity index (χ2v) is 4.55. The molecule has 1 aliphatic carbocycles. The number of benzene rings is 2. The van der Waals surface area contributed by atoms with Gasteiger partial charge in [0, 0.05) is 22.3 Å². The Morgan fingerprint density at radius 3 is 2.22 bits per heavy atom. The Morgan fingerprint density at radius 2 is 1.61 bits per heavy atom. The number of aromatic amines is 1. The summed E-state index contributed by atoms with van der Waals surface area (Å²) in [7, 11) is 0. The Kier molecular flexibility index (Phi) is 6.59. The number of aromatic carboxylic acids is 2. The van der Waals surface area contributed by atoms with Gasteiger partial charge in [-0.3, -0.25) is 4.79 Å². The number of pyridine rings is 1. The molecule has 0 aromatic heterocycles. The van der Waals surface area contributed by atoms with Crippen molar-refractivity contribution in [3.63, 3.8) is 0 Å². The van der Waals surface area contributed by atoms with Gasteiger partial charge in [-0.05, 0) is 35.2 Å². The van der Waals surface area contributed by atoms with Crippen LogP contribution in [-0.2, 0) is 0 Å². The fraction of sp³-hybridized carbons (Fsp3) is 0. The summed E-state index contributed by atoms with van der Waals surface area (Å²) >= 11 is 0. The van der Waals surface area contributed by atoms with Gasteiger partial charge in [0.2, 0.25) is 0 Å². The van der Waals surface area contributed by atoms with E-state index in [1.54, 1.807) is 0 Å². The molecule has 1 aromatic carbocycles. The first-order valence-electron chi connectivity index (χ1n) is 6.00. The zero-order valence-corrected chi connectivity index (χ0v) is 16.5. The van der Waals surface area contributed by atoms with Crippen molar-refractivity contribution in [3.8, 4) is 11.3 Å². The zero-order chi connectivity index (χ0) is 15.1. The number of hydrogen-bond acceptors (Lipinski definition) is 5. The van der Waals surface area contributed by atoms with Gasteiger partial charge in [-0.2, -0.15) is 0 Å². The molecule has 1 aliphatic heterocycles. The SMILES string of the molecule is O=C([O-])c1ccc2cc3c(=O)c(C(=O)[O-])ccc-3[nH]c2c1.[Na+].[Na+]. The van der Waals surface area contributed by atoms with Crippen molar-refractivity contribution >= 4 is 22.8 Å². The first-order valence-corrected chi connectivity index (χ1v) is 6.00. The van der Waals surface area contributed by atoms with Gasteiger partial charge < -0.3 is 24.8 Å². The summed E-state index contributed by atoms with van der Waals surface area (Å²) in [5.41, 5.74) is 0.0613. The number of aromatic nitrogens is 1. The van der Waals surface area contributed by atoms with Gasteiger partial charge in [0.1, 0.15) is 0 Å². The van der Waals surface area contributed by atoms with Crippen molar-refractivity contribution in [3.05, 3.63) is 57.7 Å². The number of carbonyl (C=O) groups is 2. The summed E-state index contributed by atoms with van der Waals surface area (Å²) < 4.78 is 0. The summed E-state index contributed by atoms with van der Waals surface area (Å²) in [5.74, 6) is -2.84.